The predicted molar refractivity (Wildman–Crippen MR) is 125 cm³/mol. The van der Waals surface area contributed by atoms with Crippen LogP contribution in [0.5, 0.6) is 11.5 Å². The quantitative estimate of drug-likeness (QED) is 0.385. The van der Waals surface area contributed by atoms with E-state index < -0.39 is 21.6 Å². The van der Waals surface area contributed by atoms with E-state index in [1.165, 1.54) is 7.11 Å². The van der Waals surface area contributed by atoms with E-state index in [1.807, 2.05) is 0 Å². The van der Waals surface area contributed by atoms with Crippen LogP contribution in [0, 0.1) is 0 Å². The van der Waals surface area contributed by atoms with Crippen LogP contribution in [0.1, 0.15) is 11.1 Å². The van der Waals surface area contributed by atoms with E-state index in [2.05, 4.69) is 11.7 Å². The number of methoxy groups -OCH3 is 2. The lowest BCUT2D eigenvalue weighted by Gasteiger charge is -2.13. The van der Waals surface area contributed by atoms with Gasteiger partial charge < -0.3 is 9.47 Å². The molecule has 0 spiro atoms. The zero-order valence-corrected chi connectivity index (χ0v) is 19.6. The normalized spacial score (nSPS) is 12.8. The summed E-state index contributed by atoms with van der Waals surface area (Å²) in [7, 11) is 1.64. The van der Waals surface area contributed by atoms with Gasteiger partial charge in [0.25, 0.3) is 0 Å². The number of ether oxygens (including phenoxy) is 2. The first kappa shape index (κ1) is 23.4. The molecule has 32 heavy (non-hydrogen) atoms. The van der Waals surface area contributed by atoms with Gasteiger partial charge in [0.15, 0.2) is 0 Å². The molecule has 0 saturated heterocycles. The van der Waals surface area contributed by atoms with E-state index in [1.54, 1.807) is 87.2 Å². The average Bonchev–Trinajstić information content (AvgIpc) is 2.86. The zero-order chi connectivity index (χ0) is 23.1. The summed E-state index contributed by atoms with van der Waals surface area (Å²) in [4.78, 5) is 7.28. The van der Waals surface area contributed by atoms with Crippen molar-refractivity contribution in [3.63, 3.8) is 0 Å². The molecule has 0 bridgehead atoms. The molecule has 8 heteroatoms. The van der Waals surface area contributed by atoms with Gasteiger partial charge in [-0.25, -0.2) is 8.42 Å². The standard InChI is InChI=1S/C24H23NO5S2/c1-5-21-22(16-25-30-4)24(32(27)20-12-8-18(29-3)9-13-20)15-14-23(21)31(26)19-10-6-17(28-2)7-11-19/h5-16H,1H2,2-4H3/p+1/b25-16+. The third kappa shape index (κ3) is 4.98. The molecule has 6 nitrogen and oxygen atoms in total. The summed E-state index contributed by atoms with van der Waals surface area (Å²) < 4.78 is 37.1. The van der Waals surface area contributed by atoms with E-state index in [0.717, 1.165) is 0 Å². The summed E-state index contributed by atoms with van der Waals surface area (Å²) in [5.74, 6) is 1.36. The highest BCUT2D eigenvalue weighted by atomic mass is 32.2. The molecule has 2 atom stereocenters. The summed E-state index contributed by atoms with van der Waals surface area (Å²) in [6.45, 7) is 3.90. The fourth-order valence-electron chi connectivity index (χ4n) is 3.05. The lowest BCUT2D eigenvalue weighted by molar-refractivity contribution is -0.740. The minimum absolute atomic E-state index is 0.532. The van der Waals surface area contributed by atoms with Crippen molar-refractivity contribution in [2.75, 3.05) is 21.3 Å². The summed E-state index contributed by atoms with van der Waals surface area (Å²) >= 11 is 0. The van der Waals surface area contributed by atoms with Crippen LogP contribution in [0.25, 0.3) is 6.08 Å². The van der Waals surface area contributed by atoms with E-state index in [9.17, 15) is 8.42 Å². The minimum atomic E-state index is -1.50. The van der Waals surface area contributed by atoms with Crippen LogP contribution in [-0.2, 0) is 26.4 Å². The van der Waals surface area contributed by atoms with E-state index in [0.29, 0.717) is 42.2 Å². The molecule has 0 saturated carbocycles. The number of hydrogen-bond acceptors (Lipinski definition) is 5. The molecule has 3 rings (SSSR count). The molecule has 0 aromatic heterocycles. The van der Waals surface area contributed by atoms with E-state index in [-0.39, 0.29) is 0 Å². The van der Waals surface area contributed by atoms with Crippen LogP contribution in [0.15, 0.2) is 86.8 Å². The third-order valence-corrected chi connectivity index (χ3v) is 7.59. The van der Waals surface area contributed by atoms with Gasteiger partial charge in [0.1, 0.15) is 18.6 Å². The van der Waals surface area contributed by atoms with Crippen molar-refractivity contribution in [1.82, 2.24) is 0 Å². The van der Waals surface area contributed by atoms with Crippen LogP contribution < -0.4 is 14.6 Å². The Morgan fingerprint density at radius 3 is 1.53 bits per heavy atom. The summed E-state index contributed by atoms with van der Waals surface area (Å²) in [6, 6.07) is 17.5. The predicted octanol–water partition coefficient (Wildman–Crippen LogP) is 2.74. The minimum Gasteiger partial charge on any atom is -0.497 e. The molecule has 2 unspecified atom stereocenters. The van der Waals surface area contributed by atoms with Gasteiger partial charge in [0.2, 0.25) is 6.21 Å². The fourth-order valence-corrected chi connectivity index (χ4v) is 5.47. The monoisotopic (exact) mass is 470 g/mol. The average molecular weight is 471 g/mol. The molecule has 0 aliphatic carbocycles. The van der Waals surface area contributed by atoms with Gasteiger partial charge in [0, 0.05) is 15.4 Å². The molecule has 0 heterocycles. The Morgan fingerprint density at radius 2 is 1.16 bits per heavy atom. The van der Waals surface area contributed by atoms with Gasteiger partial charge in [-0.2, -0.15) is 0 Å². The number of nitrogens with one attached hydrogen (secondary N) is 1. The first-order chi connectivity index (χ1) is 15.5. The van der Waals surface area contributed by atoms with E-state index in [4.69, 9.17) is 14.3 Å². The zero-order valence-electron chi connectivity index (χ0n) is 18.0. The van der Waals surface area contributed by atoms with Gasteiger partial charge in [0.05, 0.1) is 51.2 Å². The van der Waals surface area contributed by atoms with Crippen LogP contribution in [0.3, 0.4) is 0 Å². The van der Waals surface area contributed by atoms with Gasteiger partial charge >= 0.3 is 0 Å². The highest BCUT2D eigenvalue weighted by molar-refractivity contribution is 7.85. The van der Waals surface area contributed by atoms with Crippen molar-refractivity contribution in [3.05, 3.63) is 78.4 Å². The van der Waals surface area contributed by atoms with Crippen molar-refractivity contribution in [2.24, 2.45) is 0 Å². The fraction of sp³-hybridized carbons (Fsp3) is 0.125. The van der Waals surface area contributed by atoms with Gasteiger partial charge in [-0.05, 0) is 65.8 Å². The molecule has 0 amide bonds. The largest absolute Gasteiger partial charge is 0.497 e. The van der Waals surface area contributed by atoms with Crippen molar-refractivity contribution in [3.8, 4) is 11.5 Å². The van der Waals surface area contributed by atoms with Crippen LogP contribution >= 0.6 is 0 Å². The first-order valence-electron chi connectivity index (χ1n) is 9.56. The lowest BCUT2D eigenvalue weighted by Crippen LogP contribution is -2.67. The Morgan fingerprint density at radius 1 is 0.719 bits per heavy atom. The molecule has 3 aromatic rings. The Hall–Kier alpha value is -3.23. The van der Waals surface area contributed by atoms with Crippen LogP contribution in [0.4, 0.5) is 0 Å². The Kier molecular flexibility index (Phi) is 7.97. The third-order valence-electron chi connectivity index (χ3n) is 4.68. The number of hydrogen-bond donors (Lipinski definition) is 1. The Balaban J connectivity index is 2.11. The maximum Gasteiger partial charge on any atom is 0.222 e. The lowest BCUT2D eigenvalue weighted by atomic mass is 10.1. The summed E-state index contributed by atoms with van der Waals surface area (Å²) in [5, 5.41) is 2.68. The van der Waals surface area contributed by atoms with Crippen molar-refractivity contribution in [2.45, 2.75) is 19.6 Å². The van der Waals surface area contributed by atoms with Crippen molar-refractivity contribution < 1.29 is 27.9 Å². The summed E-state index contributed by atoms with van der Waals surface area (Å²) in [6.07, 6.45) is 3.19. The molecule has 0 aliphatic heterocycles. The second kappa shape index (κ2) is 10.9. The molecule has 0 aliphatic rings. The molecule has 3 aromatic carbocycles. The van der Waals surface area contributed by atoms with Crippen LogP contribution in [0.2, 0.25) is 0 Å². The van der Waals surface area contributed by atoms with Crippen molar-refractivity contribution >= 4 is 33.9 Å². The van der Waals surface area contributed by atoms with Crippen LogP contribution in [-0.4, -0.2) is 36.0 Å². The van der Waals surface area contributed by atoms with Crippen molar-refractivity contribution in [1.29, 1.82) is 0 Å². The number of rotatable bonds is 9. The molecule has 1 N–H and O–H groups in total. The SMILES string of the molecule is C=Cc1c(S(=O)c2ccc(OC)cc2)ccc(S(=O)c2ccc(OC)cc2)c1/C=[NH+]/OC. The molecular weight excluding hydrogens is 446 g/mol. The van der Waals surface area contributed by atoms with Gasteiger partial charge in [-0.1, -0.05) is 12.7 Å². The first-order valence-corrected chi connectivity index (χ1v) is 11.9. The maximum absolute atomic E-state index is 13.4. The number of benzene rings is 3. The second-order valence-corrected chi connectivity index (χ2v) is 9.35. The topological polar surface area (TPSA) is 75.8 Å². The van der Waals surface area contributed by atoms with Gasteiger partial charge in [-0.3, -0.25) is 4.84 Å². The highest BCUT2D eigenvalue weighted by Gasteiger charge is 2.21. The highest BCUT2D eigenvalue weighted by Crippen LogP contribution is 2.30. The Bertz CT molecular complexity index is 1170. The van der Waals surface area contributed by atoms with E-state index >= 15 is 0 Å². The molecule has 166 valence electrons. The smallest absolute Gasteiger partial charge is 0.222 e. The van der Waals surface area contributed by atoms with Gasteiger partial charge in [-0.15, -0.1) is 0 Å². The maximum atomic E-state index is 13.4. The summed E-state index contributed by atoms with van der Waals surface area (Å²) in [5.41, 5.74) is 1.18. The molecule has 0 radical (unpaired) electrons. The second-order valence-electron chi connectivity index (χ2n) is 6.45. The molecular formula is C24H24NO5S2+. The Labute approximate surface area is 192 Å². The molecule has 0 fully saturated rings.